The van der Waals surface area contributed by atoms with Gasteiger partial charge in [-0.05, 0) is 38.5 Å². The lowest BCUT2D eigenvalue weighted by atomic mass is 10.2. The third-order valence-corrected chi connectivity index (χ3v) is 4.11. The maximum atomic E-state index is 12.9. The molecular weight excluding hydrogens is 376 g/mol. The molecule has 0 unspecified atom stereocenters. The fourth-order valence-corrected chi connectivity index (χ4v) is 2.79. The zero-order valence-electron chi connectivity index (χ0n) is 16.0. The summed E-state index contributed by atoms with van der Waals surface area (Å²) in [6.45, 7) is 5.58. The maximum absolute atomic E-state index is 12.9. The van der Waals surface area contributed by atoms with Crippen LogP contribution >= 0.6 is 12.6 Å². The molecule has 3 rings (SSSR count). The monoisotopic (exact) mass is 398 g/mol. The first-order valence-electron chi connectivity index (χ1n) is 8.85. The fraction of sp³-hybridized carbons (Fsp3) is 0.286. The zero-order chi connectivity index (χ0) is 20.3. The molecule has 0 radical (unpaired) electrons. The van der Waals surface area contributed by atoms with Crippen LogP contribution in [-0.4, -0.2) is 33.0 Å². The largest absolute Gasteiger partial charge is 0.460 e. The SMILES string of the molecule is CC(C)(C)OC(=O)n1c(-c2ccccc2)nc2cc(COC(=O)CS)ccc21. The summed E-state index contributed by atoms with van der Waals surface area (Å²) in [7, 11) is 0. The van der Waals surface area contributed by atoms with Gasteiger partial charge in [0.05, 0.1) is 16.8 Å². The van der Waals surface area contributed by atoms with Gasteiger partial charge in [0.1, 0.15) is 12.2 Å². The molecule has 0 fully saturated rings. The number of benzene rings is 2. The molecule has 0 aliphatic heterocycles. The van der Waals surface area contributed by atoms with Crippen LogP contribution in [0.4, 0.5) is 4.79 Å². The van der Waals surface area contributed by atoms with E-state index >= 15 is 0 Å². The van der Waals surface area contributed by atoms with E-state index in [1.807, 2.05) is 51.1 Å². The standard InChI is InChI=1S/C21H22N2O4S/c1-21(2,3)27-20(25)23-17-10-9-14(12-26-18(24)13-28)11-16(17)22-19(23)15-7-5-4-6-8-15/h4-11,28H,12-13H2,1-3H3. The number of thiol groups is 1. The van der Waals surface area contributed by atoms with E-state index in [9.17, 15) is 9.59 Å². The topological polar surface area (TPSA) is 70.4 Å². The number of esters is 1. The molecule has 6 nitrogen and oxygen atoms in total. The molecule has 0 aliphatic rings. The quantitative estimate of drug-likeness (QED) is 0.519. The van der Waals surface area contributed by atoms with Gasteiger partial charge in [0.25, 0.3) is 0 Å². The molecule has 1 aromatic heterocycles. The van der Waals surface area contributed by atoms with Crippen molar-refractivity contribution in [2.45, 2.75) is 33.0 Å². The predicted molar refractivity (Wildman–Crippen MR) is 110 cm³/mol. The van der Waals surface area contributed by atoms with Crippen molar-refractivity contribution >= 4 is 35.7 Å². The van der Waals surface area contributed by atoms with Gasteiger partial charge in [0, 0.05) is 5.56 Å². The minimum Gasteiger partial charge on any atom is -0.460 e. The van der Waals surface area contributed by atoms with E-state index < -0.39 is 17.7 Å². The molecule has 2 aromatic carbocycles. The number of nitrogens with zero attached hydrogens (tertiary/aromatic N) is 2. The molecule has 3 aromatic rings. The number of hydrogen-bond donors (Lipinski definition) is 1. The highest BCUT2D eigenvalue weighted by molar-refractivity contribution is 7.81. The minimum absolute atomic E-state index is 0.0215. The highest BCUT2D eigenvalue weighted by Crippen LogP contribution is 2.27. The van der Waals surface area contributed by atoms with Gasteiger partial charge in [-0.15, -0.1) is 0 Å². The Morgan fingerprint density at radius 1 is 1.11 bits per heavy atom. The number of carbonyl (C=O) groups excluding carboxylic acids is 2. The molecule has 7 heteroatoms. The van der Waals surface area contributed by atoms with Crippen molar-refractivity contribution < 1.29 is 19.1 Å². The number of ether oxygens (including phenoxy) is 2. The van der Waals surface area contributed by atoms with Gasteiger partial charge < -0.3 is 9.47 Å². The summed E-state index contributed by atoms with van der Waals surface area (Å²) in [4.78, 5) is 28.9. The molecule has 1 heterocycles. The van der Waals surface area contributed by atoms with Gasteiger partial charge in [0.2, 0.25) is 0 Å². The second-order valence-electron chi connectivity index (χ2n) is 7.26. The van der Waals surface area contributed by atoms with Gasteiger partial charge in [-0.25, -0.2) is 14.3 Å². The predicted octanol–water partition coefficient (Wildman–Crippen LogP) is 4.46. The second kappa shape index (κ2) is 8.06. The molecular formula is C21H22N2O4S. The molecule has 146 valence electrons. The minimum atomic E-state index is -0.636. The van der Waals surface area contributed by atoms with Crippen molar-refractivity contribution in [3.05, 3.63) is 54.1 Å². The summed E-state index contributed by atoms with van der Waals surface area (Å²) >= 11 is 3.89. The number of hydrogen-bond acceptors (Lipinski definition) is 6. The Hall–Kier alpha value is -2.80. The van der Waals surface area contributed by atoms with Crippen LogP contribution in [0.2, 0.25) is 0 Å². The average Bonchev–Trinajstić information content (AvgIpc) is 3.04. The van der Waals surface area contributed by atoms with E-state index in [1.54, 1.807) is 18.2 Å². The first-order chi connectivity index (χ1) is 13.3. The van der Waals surface area contributed by atoms with Crippen LogP contribution in [0.15, 0.2) is 48.5 Å². The van der Waals surface area contributed by atoms with Crippen LogP contribution in [0.3, 0.4) is 0 Å². The molecule has 0 bridgehead atoms. The second-order valence-corrected chi connectivity index (χ2v) is 7.58. The van der Waals surface area contributed by atoms with E-state index in [4.69, 9.17) is 9.47 Å². The van der Waals surface area contributed by atoms with Crippen LogP contribution in [0.5, 0.6) is 0 Å². The summed E-state index contributed by atoms with van der Waals surface area (Å²) in [5.41, 5.74) is 2.17. The maximum Gasteiger partial charge on any atom is 0.420 e. The van der Waals surface area contributed by atoms with Crippen LogP contribution in [0.25, 0.3) is 22.4 Å². The third kappa shape index (κ3) is 4.54. The highest BCUT2D eigenvalue weighted by atomic mass is 32.1. The smallest absolute Gasteiger partial charge is 0.420 e. The van der Waals surface area contributed by atoms with Gasteiger partial charge in [-0.1, -0.05) is 36.4 Å². The normalized spacial score (nSPS) is 11.4. The van der Waals surface area contributed by atoms with E-state index in [1.165, 1.54) is 4.57 Å². The molecule has 0 saturated carbocycles. The summed E-state index contributed by atoms with van der Waals surface area (Å²) in [5, 5.41) is 0. The number of rotatable bonds is 4. The summed E-state index contributed by atoms with van der Waals surface area (Å²) in [6.07, 6.45) is -0.497. The molecule has 0 spiro atoms. The van der Waals surface area contributed by atoms with Gasteiger partial charge in [0.15, 0.2) is 5.82 Å². The Kier molecular flexibility index (Phi) is 5.74. The lowest BCUT2D eigenvalue weighted by Crippen LogP contribution is -2.27. The van der Waals surface area contributed by atoms with E-state index in [-0.39, 0.29) is 12.4 Å². The molecule has 28 heavy (non-hydrogen) atoms. The Morgan fingerprint density at radius 3 is 2.46 bits per heavy atom. The van der Waals surface area contributed by atoms with Crippen molar-refractivity contribution in [3.63, 3.8) is 0 Å². The van der Waals surface area contributed by atoms with E-state index in [0.29, 0.717) is 16.9 Å². The number of carbonyl (C=O) groups is 2. The third-order valence-electron chi connectivity index (χ3n) is 3.86. The average molecular weight is 398 g/mol. The van der Waals surface area contributed by atoms with Crippen molar-refractivity contribution in [2.24, 2.45) is 0 Å². The van der Waals surface area contributed by atoms with Crippen molar-refractivity contribution in [1.82, 2.24) is 9.55 Å². The van der Waals surface area contributed by atoms with E-state index in [2.05, 4.69) is 17.6 Å². The van der Waals surface area contributed by atoms with Crippen LogP contribution < -0.4 is 0 Å². The lowest BCUT2D eigenvalue weighted by Gasteiger charge is -2.20. The fourth-order valence-electron chi connectivity index (χ4n) is 2.70. The van der Waals surface area contributed by atoms with Crippen LogP contribution in [0, 0.1) is 0 Å². The van der Waals surface area contributed by atoms with Crippen molar-refractivity contribution in [3.8, 4) is 11.4 Å². The van der Waals surface area contributed by atoms with Gasteiger partial charge in [-0.3, -0.25) is 4.79 Å². The lowest BCUT2D eigenvalue weighted by molar-refractivity contribution is -0.141. The highest BCUT2D eigenvalue weighted by Gasteiger charge is 2.24. The molecule has 0 N–H and O–H groups in total. The molecule has 0 atom stereocenters. The van der Waals surface area contributed by atoms with Crippen molar-refractivity contribution in [2.75, 3.05) is 5.75 Å². The first-order valence-corrected chi connectivity index (χ1v) is 9.48. The number of imidazole rings is 1. The Balaban J connectivity index is 2.07. The first kappa shape index (κ1) is 19.9. The summed E-state index contributed by atoms with van der Waals surface area (Å²) in [5.74, 6) is 0.121. The number of aromatic nitrogens is 2. The zero-order valence-corrected chi connectivity index (χ0v) is 16.9. The molecule has 0 aliphatic carbocycles. The Morgan fingerprint density at radius 2 is 1.82 bits per heavy atom. The van der Waals surface area contributed by atoms with Crippen molar-refractivity contribution in [1.29, 1.82) is 0 Å². The van der Waals surface area contributed by atoms with Crippen LogP contribution in [-0.2, 0) is 20.9 Å². The molecule has 0 saturated heterocycles. The van der Waals surface area contributed by atoms with Gasteiger partial charge >= 0.3 is 12.1 Å². The van der Waals surface area contributed by atoms with Gasteiger partial charge in [-0.2, -0.15) is 12.6 Å². The van der Waals surface area contributed by atoms with Crippen LogP contribution in [0.1, 0.15) is 26.3 Å². The van der Waals surface area contributed by atoms with E-state index in [0.717, 1.165) is 11.1 Å². The Labute approximate surface area is 168 Å². The summed E-state index contributed by atoms with van der Waals surface area (Å²) < 4.78 is 12.2. The molecule has 0 amide bonds. The number of fused-ring (bicyclic) bond motifs is 1. The Bertz CT molecular complexity index is 1010. The summed E-state index contributed by atoms with van der Waals surface area (Å²) in [6, 6.07) is 14.8.